The Morgan fingerprint density at radius 2 is 1.64 bits per heavy atom. The number of aliphatic hydroxyl groups is 1. The molecule has 7 heteroatoms. The Labute approximate surface area is 131 Å². The second-order valence-electron chi connectivity index (χ2n) is 7.54. The Kier molecular flexibility index (Phi) is 5.67. The predicted octanol–water partition coefficient (Wildman–Crippen LogP) is 1.88. The second-order valence-corrected chi connectivity index (χ2v) is 7.54. The molecule has 1 heterocycles. The summed E-state index contributed by atoms with van der Waals surface area (Å²) in [5.41, 5.74) is -1.17. The molecule has 0 saturated carbocycles. The molecule has 1 fully saturated rings. The van der Waals surface area contributed by atoms with Crippen LogP contribution in [0.1, 0.15) is 48.0 Å². The SMILES string of the molecule is CC(C)(C)OC(=O)NC1CCN(C(=O)OC(C)(C)C)CC1O. The summed E-state index contributed by atoms with van der Waals surface area (Å²) in [5.74, 6) is 0. The summed E-state index contributed by atoms with van der Waals surface area (Å²) < 4.78 is 10.4. The first kappa shape index (κ1) is 18.5. The third kappa shape index (κ3) is 6.51. The number of hydrogen-bond donors (Lipinski definition) is 2. The third-order valence-corrected chi connectivity index (χ3v) is 2.94. The number of hydrogen-bond acceptors (Lipinski definition) is 5. The minimum atomic E-state index is -0.853. The number of ether oxygens (including phenoxy) is 2. The molecule has 0 aromatic heterocycles. The Bertz CT molecular complexity index is 411. The Morgan fingerprint density at radius 3 is 2.09 bits per heavy atom. The van der Waals surface area contributed by atoms with Crippen molar-refractivity contribution in [1.29, 1.82) is 0 Å². The third-order valence-electron chi connectivity index (χ3n) is 2.94. The quantitative estimate of drug-likeness (QED) is 0.771. The summed E-state index contributed by atoms with van der Waals surface area (Å²) in [6.07, 6.45) is -1.43. The lowest BCUT2D eigenvalue weighted by Crippen LogP contribution is -2.56. The van der Waals surface area contributed by atoms with E-state index in [9.17, 15) is 14.7 Å². The maximum Gasteiger partial charge on any atom is 0.410 e. The second kappa shape index (κ2) is 6.73. The lowest BCUT2D eigenvalue weighted by atomic mass is 10.0. The van der Waals surface area contributed by atoms with Crippen molar-refractivity contribution < 1.29 is 24.2 Å². The van der Waals surface area contributed by atoms with Crippen LogP contribution in [0.4, 0.5) is 9.59 Å². The van der Waals surface area contributed by atoms with Crippen molar-refractivity contribution in [2.75, 3.05) is 13.1 Å². The Morgan fingerprint density at radius 1 is 1.09 bits per heavy atom. The van der Waals surface area contributed by atoms with E-state index in [-0.39, 0.29) is 6.54 Å². The topological polar surface area (TPSA) is 88.1 Å². The van der Waals surface area contributed by atoms with E-state index in [1.807, 2.05) is 0 Å². The first-order chi connectivity index (χ1) is 9.87. The van der Waals surface area contributed by atoms with E-state index < -0.39 is 35.5 Å². The number of likely N-dealkylation sites (tertiary alicyclic amines) is 1. The average Bonchev–Trinajstić information content (AvgIpc) is 2.26. The van der Waals surface area contributed by atoms with Gasteiger partial charge in [-0.1, -0.05) is 0 Å². The van der Waals surface area contributed by atoms with Gasteiger partial charge in [-0.2, -0.15) is 0 Å². The number of rotatable bonds is 1. The Hall–Kier alpha value is -1.50. The van der Waals surface area contributed by atoms with Gasteiger partial charge in [0, 0.05) is 6.54 Å². The van der Waals surface area contributed by atoms with Gasteiger partial charge in [0.2, 0.25) is 0 Å². The van der Waals surface area contributed by atoms with Gasteiger partial charge in [0.15, 0.2) is 0 Å². The van der Waals surface area contributed by atoms with Crippen LogP contribution in [0.25, 0.3) is 0 Å². The fraction of sp³-hybridized carbons (Fsp3) is 0.867. The van der Waals surface area contributed by atoms with Crippen LogP contribution in [0.2, 0.25) is 0 Å². The summed E-state index contributed by atoms with van der Waals surface area (Å²) in [6, 6.07) is -0.437. The molecule has 1 rings (SSSR count). The van der Waals surface area contributed by atoms with Crippen LogP contribution in [0, 0.1) is 0 Å². The zero-order chi connectivity index (χ0) is 17.1. The highest BCUT2D eigenvalue weighted by molar-refractivity contribution is 5.69. The lowest BCUT2D eigenvalue weighted by Gasteiger charge is -2.37. The molecule has 0 spiro atoms. The van der Waals surface area contributed by atoms with Crippen molar-refractivity contribution in [3.8, 4) is 0 Å². The first-order valence-corrected chi connectivity index (χ1v) is 7.53. The highest BCUT2D eigenvalue weighted by atomic mass is 16.6. The molecule has 0 radical (unpaired) electrons. The number of β-amino-alcohol motifs (C(OH)–C–C–N with tert-alkyl or cyclic N) is 1. The molecule has 2 amide bonds. The van der Waals surface area contributed by atoms with Gasteiger partial charge in [-0.15, -0.1) is 0 Å². The highest BCUT2D eigenvalue weighted by Gasteiger charge is 2.34. The van der Waals surface area contributed by atoms with Gasteiger partial charge in [-0.25, -0.2) is 9.59 Å². The lowest BCUT2D eigenvalue weighted by molar-refractivity contribution is -0.00728. The summed E-state index contributed by atoms with van der Waals surface area (Å²) in [6.45, 7) is 11.2. The molecule has 2 N–H and O–H groups in total. The van der Waals surface area contributed by atoms with E-state index >= 15 is 0 Å². The molecule has 7 nitrogen and oxygen atoms in total. The summed E-state index contributed by atoms with van der Waals surface area (Å²) >= 11 is 0. The number of nitrogens with zero attached hydrogens (tertiary/aromatic N) is 1. The number of carbonyl (C=O) groups is 2. The summed E-state index contributed by atoms with van der Waals surface area (Å²) in [4.78, 5) is 25.1. The van der Waals surface area contributed by atoms with Crippen LogP contribution in [0.15, 0.2) is 0 Å². The predicted molar refractivity (Wildman–Crippen MR) is 81.6 cm³/mol. The number of piperidine rings is 1. The number of aliphatic hydroxyl groups excluding tert-OH is 1. The van der Waals surface area contributed by atoms with Crippen molar-refractivity contribution >= 4 is 12.2 Å². The number of carbonyl (C=O) groups excluding carboxylic acids is 2. The van der Waals surface area contributed by atoms with Crippen LogP contribution in [-0.2, 0) is 9.47 Å². The zero-order valence-electron chi connectivity index (χ0n) is 14.3. The van der Waals surface area contributed by atoms with Gasteiger partial charge in [0.05, 0.1) is 18.7 Å². The number of nitrogens with one attached hydrogen (secondary N) is 1. The van der Waals surface area contributed by atoms with Gasteiger partial charge < -0.3 is 24.8 Å². The van der Waals surface area contributed by atoms with Crippen molar-refractivity contribution in [2.45, 2.75) is 71.3 Å². The van der Waals surface area contributed by atoms with Crippen molar-refractivity contribution in [2.24, 2.45) is 0 Å². The van der Waals surface area contributed by atoms with E-state index in [1.54, 1.807) is 41.5 Å². The fourth-order valence-electron chi connectivity index (χ4n) is 2.05. The van der Waals surface area contributed by atoms with Crippen LogP contribution in [0.3, 0.4) is 0 Å². The largest absolute Gasteiger partial charge is 0.444 e. The molecule has 0 bridgehead atoms. The molecule has 0 aromatic rings. The minimum absolute atomic E-state index is 0.120. The molecular formula is C15H28N2O5. The fourth-order valence-corrected chi connectivity index (χ4v) is 2.05. The first-order valence-electron chi connectivity index (χ1n) is 7.53. The van der Waals surface area contributed by atoms with Crippen molar-refractivity contribution in [3.05, 3.63) is 0 Å². The normalized spacial score (nSPS) is 23.0. The van der Waals surface area contributed by atoms with Crippen molar-refractivity contribution in [1.82, 2.24) is 10.2 Å². The van der Waals surface area contributed by atoms with Crippen LogP contribution in [-0.4, -0.2) is 58.6 Å². The minimum Gasteiger partial charge on any atom is -0.444 e. The molecule has 1 aliphatic heterocycles. The van der Waals surface area contributed by atoms with Crippen LogP contribution < -0.4 is 5.32 Å². The molecule has 22 heavy (non-hydrogen) atoms. The average molecular weight is 316 g/mol. The molecule has 0 aliphatic carbocycles. The van der Waals surface area contributed by atoms with E-state index in [0.717, 1.165) is 0 Å². The number of alkyl carbamates (subject to hydrolysis) is 1. The van der Waals surface area contributed by atoms with Gasteiger partial charge >= 0.3 is 12.2 Å². The Balaban J connectivity index is 2.49. The highest BCUT2D eigenvalue weighted by Crippen LogP contribution is 2.16. The van der Waals surface area contributed by atoms with Crippen molar-refractivity contribution in [3.63, 3.8) is 0 Å². The van der Waals surface area contributed by atoms with Crippen LogP contribution in [0.5, 0.6) is 0 Å². The van der Waals surface area contributed by atoms with E-state index in [0.29, 0.717) is 13.0 Å². The van der Waals surface area contributed by atoms with E-state index in [2.05, 4.69) is 5.32 Å². The maximum atomic E-state index is 12.0. The molecule has 1 aliphatic rings. The zero-order valence-corrected chi connectivity index (χ0v) is 14.3. The number of amides is 2. The summed E-state index contributed by atoms with van der Waals surface area (Å²) in [5, 5.41) is 12.8. The van der Waals surface area contributed by atoms with E-state index in [4.69, 9.17) is 9.47 Å². The monoisotopic (exact) mass is 316 g/mol. The smallest absolute Gasteiger partial charge is 0.410 e. The molecule has 2 unspecified atom stereocenters. The molecule has 128 valence electrons. The van der Waals surface area contributed by atoms with Crippen LogP contribution >= 0.6 is 0 Å². The molecular weight excluding hydrogens is 288 g/mol. The molecule has 0 aromatic carbocycles. The van der Waals surface area contributed by atoms with Gasteiger partial charge in [-0.05, 0) is 48.0 Å². The van der Waals surface area contributed by atoms with Gasteiger partial charge in [0.25, 0.3) is 0 Å². The van der Waals surface area contributed by atoms with E-state index in [1.165, 1.54) is 4.90 Å². The van der Waals surface area contributed by atoms with Gasteiger partial charge in [-0.3, -0.25) is 0 Å². The maximum absolute atomic E-state index is 12.0. The summed E-state index contributed by atoms with van der Waals surface area (Å²) in [7, 11) is 0. The van der Waals surface area contributed by atoms with Gasteiger partial charge in [0.1, 0.15) is 11.2 Å². The molecule has 1 saturated heterocycles. The standard InChI is InChI=1S/C15H28N2O5/c1-14(2,3)21-12(19)16-10-7-8-17(9-11(10)18)13(20)22-15(4,5)6/h10-11,18H,7-9H2,1-6H3,(H,16,19). The molecule has 2 atom stereocenters.